The molecule has 0 aromatic carbocycles. The van der Waals surface area contributed by atoms with Crippen molar-refractivity contribution in [1.29, 1.82) is 0 Å². The third-order valence-electron chi connectivity index (χ3n) is 2.91. The monoisotopic (exact) mass is 280 g/mol. The van der Waals surface area contributed by atoms with Crippen molar-refractivity contribution in [2.75, 3.05) is 13.2 Å². The van der Waals surface area contributed by atoms with Crippen molar-refractivity contribution in [3.05, 3.63) is 34.9 Å². The first-order chi connectivity index (χ1) is 9.45. The van der Waals surface area contributed by atoms with Gasteiger partial charge in [-0.25, -0.2) is 0 Å². The Morgan fingerprint density at radius 2 is 1.65 bits per heavy atom. The summed E-state index contributed by atoms with van der Waals surface area (Å²) in [5.41, 5.74) is 3.60. The lowest BCUT2D eigenvalue weighted by atomic mass is 10.1. The number of carbonyl (C=O) groups is 1. The molecule has 1 N–H and O–H groups in total. The van der Waals surface area contributed by atoms with Gasteiger partial charge in [-0.05, 0) is 58.1 Å². The summed E-state index contributed by atoms with van der Waals surface area (Å²) in [4.78, 5) is 10.6. The maximum atomic E-state index is 10.6. The lowest BCUT2D eigenvalue weighted by Gasteiger charge is -2.04. The molecule has 0 rings (SSSR count). The number of aliphatic hydroxyl groups is 1. The molecule has 0 spiro atoms. The van der Waals surface area contributed by atoms with Crippen molar-refractivity contribution in [2.45, 2.75) is 53.4 Å². The normalized spacial score (nSPS) is 12.2. The van der Waals surface area contributed by atoms with Crippen molar-refractivity contribution in [2.24, 2.45) is 0 Å². The Hall–Kier alpha value is -1.35. The van der Waals surface area contributed by atoms with E-state index in [4.69, 9.17) is 4.74 Å². The van der Waals surface area contributed by atoms with E-state index in [1.54, 1.807) is 0 Å². The first kappa shape index (κ1) is 18.7. The summed E-state index contributed by atoms with van der Waals surface area (Å²) in [6.07, 6.45) is 9.96. The highest BCUT2D eigenvalue weighted by Gasteiger charge is 1.96. The minimum Gasteiger partial charge on any atom is -0.462 e. The smallest absolute Gasteiger partial charge is 0.302 e. The van der Waals surface area contributed by atoms with Crippen molar-refractivity contribution >= 4 is 5.97 Å². The van der Waals surface area contributed by atoms with Crippen LogP contribution in [0.5, 0.6) is 0 Å². The molecule has 0 aliphatic rings. The molecule has 114 valence electrons. The number of hydrogen-bond donors (Lipinski definition) is 1. The average molecular weight is 280 g/mol. The zero-order valence-electron chi connectivity index (χ0n) is 13.2. The second kappa shape index (κ2) is 11.5. The molecule has 3 nitrogen and oxygen atoms in total. The van der Waals surface area contributed by atoms with Gasteiger partial charge in [-0.1, -0.05) is 23.3 Å². The number of ether oxygens (including phenoxy) is 1. The minimum absolute atomic E-state index is 0.132. The SMILES string of the molecule is CC(=O)OC/C=C(\C)CC/C=C(/CO)CCC=C(C)C. The van der Waals surface area contributed by atoms with Gasteiger partial charge in [0.25, 0.3) is 0 Å². The quantitative estimate of drug-likeness (QED) is 0.514. The van der Waals surface area contributed by atoms with E-state index in [9.17, 15) is 9.90 Å². The number of carbonyl (C=O) groups excluding carboxylic acids is 1. The third-order valence-corrected chi connectivity index (χ3v) is 2.91. The molecule has 20 heavy (non-hydrogen) atoms. The molecule has 0 saturated heterocycles. The van der Waals surface area contributed by atoms with Crippen LogP contribution in [-0.2, 0) is 9.53 Å². The molecular formula is C17H28O3. The molecule has 0 amide bonds. The molecule has 0 heterocycles. The van der Waals surface area contributed by atoms with E-state index in [1.807, 2.05) is 13.0 Å². The fourth-order valence-electron chi connectivity index (χ4n) is 1.70. The number of esters is 1. The second-order valence-corrected chi connectivity index (χ2v) is 5.23. The summed E-state index contributed by atoms with van der Waals surface area (Å²) in [6, 6.07) is 0. The predicted octanol–water partition coefficient (Wildman–Crippen LogP) is 3.94. The van der Waals surface area contributed by atoms with Crippen molar-refractivity contribution in [3.63, 3.8) is 0 Å². The predicted molar refractivity (Wildman–Crippen MR) is 83.5 cm³/mol. The van der Waals surface area contributed by atoms with Crippen LogP contribution in [0.1, 0.15) is 53.4 Å². The van der Waals surface area contributed by atoms with E-state index in [1.165, 1.54) is 18.1 Å². The average Bonchev–Trinajstić information content (AvgIpc) is 2.36. The van der Waals surface area contributed by atoms with Crippen molar-refractivity contribution in [1.82, 2.24) is 0 Å². The zero-order chi connectivity index (χ0) is 15.4. The molecule has 0 saturated carbocycles. The Balaban J connectivity index is 4.05. The van der Waals surface area contributed by atoms with E-state index in [0.717, 1.165) is 31.3 Å². The lowest BCUT2D eigenvalue weighted by molar-refractivity contribution is -0.139. The Morgan fingerprint density at radius 1 is 1.00 bits per heavy atom. The maximum Gasteiger partial charge on any atom is 0.302 e. The fraction of sp³-hybridized carbons (Fsp3) is 0.588. The molecule has 0 aliphatic carbocycles. The molecular weight excluding hydrogens is 252 g/mol. The van der Waals surface area contributed by atoms with Gasteiger partial charge < -0.3 is 9.84 Å². The summed E-state index contributed by atoms with van der Waals surface area (Å²) >= 11 is 0. The molecule has 0 aromatic rings. The van der Waals surface area contributed by atoms with Gasteiger partial charge in [0.1, 0.15) is 6.61 Å². The third kappa shape index (κ3) is 11.7. The molecule has 0 aliphatic heterocycles. The van der Waals surface area contributed by atoms with Crippen molar-refractivity contribution < 1.29 is 14.6 Å². The van der Waals surface area contributed by atoms with Crippen molar-refractivity contribution in [3.8, 4) is 0 Å². The minimum atomic E-state index is -0.254. The Kier molecular flexibility index (Phi) is 10.7. The first-order valence-corrected chi connectivity index (χ1v) is 7.16. The molecule has 0 radical (unpaired) electrons. The van der Waals surface area contributed by atoms with Gasteiger partial charge in [0.05, 0.1) is 6.61 Å². The lowest BCUT2D eigenvalue weighted by Crippen LogP contribution is -1.98. The molecule has 0 fully saturated rings. The van der Waals surface area contributed by atoms with E-state index in [-0.39, 0.29) is 12.6 Å². The summed E-state index contributed by atoms with van der Waals surface area (Å²) < 4.78 is 4.86. The number of rotatable bonds is 9. The number of allylic oxidation sites excluding steroid dienone is 4. The maximum absolute atomic E-state index is 10.6. The van der Waals surface area contributed by atoms with Crippen LogP contribution in [0.25, 0.3) is 0 Å². The van der Waals surface area contributed by atoms with Gasteiger partial charge in [0, 0.05) is 6.92 Å². The van der Waals surface area contributed by atoms with Crippen LogP contribution in [-0.4, -0.2) is 24.3 Å². The van der Waals surface area contributed by atoms with E-state index in [2.05, 4.69) is 26.0 Å². The van der Waals surface area contributed by atoms with Gasteiger partial charge >= 0.3 is 5.97 Å². The summed E-state index contributed by atoms with van der Waals surface area (Å²) in [6.45, 7) is 8.08. The van der Waals surface area contributed by atoms with Crippen LogP contribution in [0.4, 0.5) is 0 Å². The molecule has 0 atom stereocenters. The Morgan fingerprint density at radius 3 is 2.20 bits per heavy atom. The highest BCUT2D eigenvalue weighted by Crippen LogP contribution is 2.11. The summed E-state index contributed by atoms with van der Waals surface area (Å²) in [5.74, 6) is -0.254. The molecule has 0 bridgehead atoms. The van der Waals surface area contributed by atoms with Crippen LogP contribution in [0, 0.1) is 0 Å². The van der Waals surface area contributed by atoms with Crippen LogP contribution in [0.3, 0.4) is 0 Å². The Bertz CT molecular complexity index is 372. The van der Waals surface area contributed by atoms with Gasteiger partial charge in [0.15, 0.2) is 0 Å². The fourth-order valence-corrected chi connectivity index (χ4v) is 1.70. The standard InChI is InChI=1S/C17H28O3/c1-14(2)7-5-9-17(13-18)10-6-8-15(3)11-12-20-16(4)19/h7,10-11,18H,5-6,8-9,12-13H2,1-4H3/b15-11+,17-10+. The zero-order valence-corrected chi connectivity index (χ0v) is 13.2. The summed E-state index contributed by atoms with van der Waals surface area (Å²) in [7, 11) is 0. The van der Waals surface area contributed by atoms with Crippen LogP contribution < -0.4 is 0 Å². The number of aliphatic hydroxyl groups excluding tert-OH is 1. The van der Waals surface area contributed by atoms with Crippen LogP contribution in [0.2, 0.25) is 0 Å². The van der Waals surface area contributed by atoms with E-state index >= 15 is 0 Å². The topological polar surface area (TPSA) is 46.5 Å². The molecule has 0 unspecified atom stereocenters. The molecule has 0 aromatic heterocycles. The van der Waals surface area contributed by atoms with E-state index < -0.39 is 0 Å². The van der Waals surface area contributed by atoms with Crippen LogP contribution >= 0.6 is 0 Å². The van der Waals surface area contributed by atoms with Gasteiger partial charge in [0.2, 0.25) is 0 Å². The van der Waals surface area contributed by atoms with Gasteiger partial charge in [-0.15, -0.1) is 0 Å². The first-order valence-electron chi connectivity index (χ1n) is 7.16. The van der Waals surface area contributed by atoms with Gasteiger partial charge in [-0.2, -0.15) is 0 Å². The van der Waals surface area contributed by atoms with Gasteiger partial charge in [-0.3, -0.25) is 4.79 Å². The summed E-state index contributed by atoms with van der Waals surface area (Å²) in [5, 5.41) is 9.30. The highest BCUT2D eigenvalue weighted by atomic mass is 16.5. The van der Waals surface area contributed by atoms with Crippen LogP contribution in [0.15, 0.2) is 34.9 Å². The highest BCUT2D eigenvalue weighted by molar-refractivity contribution is 5.66. The Labute approximate surface area is 123 Å². The molecule has 3 heteroatoms. The van der Waals surface area contributed by atoms with E-state index in [0.29, 0.717) is 6.61 Å². The number of hydrogen-bond acceptors (Lipinski definition) is 3. The largest absolute Gasteiger partial charge is 0.462 e. The second-order valence-electron chi connectivity index (χ2n) is 5.23.